The average molecular weight is 1000 g/mol. The Bertz CT molecular complexity index is 2660. The fraction of sp³-hybridized carbons (Fsp3) is 0.422. The summed E-state index contributed by atoms with van der Waals surface area (Å²) < 4.78 is 43.5. The van der Waals surface area contributed by atoms with Crippen molar-refractivity contribution in [3.05, 3.63) is 101 Å². The van der Waals surface area contributed by atoms with Crippen molar-refractivity contribution < 1.29 is 46.7 Å². The summed E-state index contributed by atoms with van der Waals surface area (Å²) in [5.41, 5.74) is 5.55. The second kappa shape index (κ2) is 24.2. The molecule has 1 atom stereocenters. The maximum atomic E-state index is 12.2. The van der Waals surface area contributed by atoms with Crippen LogP contribution in [0, 0.1) is 13.8 Å². The van der Waals surface area contributed by atoms with Gasteiger partial charge in [0.1, 0.15) is 23.3 Å². The van der Waals surface area contributed by atoms with Gasteiger partial charge >= 0.3 is 29.6 Å². The number of sulfone groups is 1. The smallest absolute Gasteiger partial charge is 0.773 e. The Morgan fingerprint density at radius 1 is 0.692 bits per heavy atom. The van der Waals surface area contributed by atoms with Crippen molar-refractivity contribution in [2.24, 2.45) is 0 Å². The molecule has 2 saturated heterocycles. The third-order valence-electron chi connectivity index (χ3n) is 10.8. The van der Waals surface area contributed by atoms with E-state index in [1.165, 1.54) is 6.26 Å². The first kappa shape index (κ1) is 53.7. The number of aryl methyl sites for hydroxylation is 2. The van der Waals surface area contributed by atoms with Gasteiger partial charge < -0.3 is 34.0 Å². The molecule has 0 bridgehead atoms. The molecule has 2 aliphatic rings. The molecule has 2 aromatic carbocycles. The molecule has 344 valence electrons. The second-order valence-electron chi connectivity index (χ2n) is 15.9. The number of halogens is 1. The zero-order valence-electron chi connectivity index (χ0n) is 38.2. The number of anilines is 4. The van der Waals surface area contributed by atoms with Gasteiger partial charge in [-0.1, -0.05) is 40.5 Å². The zero-order chi connectivity index (χ0) is 45.4. The number of hydrogen-bond acceptors (Lipinski definition) is 16. The van der Waals surface area contributed by atoms with Gasteiger partial charge in [0.25, 0.3) is 0 Å². The molecule has 65 heavy (non-hydrogen) atoms. The molecular weight excluding hydrogens is 940 g/mol. The summed E-state index contributed by atoms with van der Waals surface area (Å²) in [5.74, 6) is 3.55. The van der Waals surface area contributed by atoms with Crippen molar-refractivity contribution in [2.75, 3.05) is 113 Å². The molecule has 6 aromatic rings. The van der Waals surface area contributed by atoms with Crippen LogP contribution in [0.25, 0.3) is 21.8 Å². The van der Waals surface area contributed by atoms with Gasteiger partial charge in [-0.05, 0) is 76.7 Å². The van der Waals surface area contributed by atoms with Crippen LogP contribution in [0.3, 0.4) is 0 Å². The van der Waals surface area contributed by atoms with Crippen LogP contribution in [0.2, 0.25) is 0 Å². The third kappa shape index (κ3) is 14.5. The predicted molar refractivity (Wildman–Crippen MR) is 263 cm³/mol. The van der Waals surface area contributed by atoms with Crippen LogP contribution in [0.1, 0.15) is 30.5 Å². The average Bonchev–Trinajstić information content (AvgIpc) is 3.23. The van der Waals surface area contributed by atoms with Crippen molar-refractivity contribution in [1.82, 2.24) is 39.7 Å². The topological polar surface area (TPSA) is 171 Å². The molecule has 0 spiro atoms. The van der Waals surface area contributed by atoms with E-state index in [1.54, 1.807) is 24.4 Å². The molecule has 0 saturated carbocycles. The Hall–Kier alpha value is -3.92. The number of piperazine rings is 2. The maximum Gasteiger partial charge on any atom is 1.00 e. The van der Waals surface area contributed by atoms with Gasteiger partial charge in [-0.25, -0.2) is 28.4 Å². The Morgan fingerprint density at radius 3 is 1.52 bits per heavy atom. The molecule has 4 aromatic heterocycles. The minimum Gasteiger partial charge on any atom is -0.773 e. The number of hydrogen-bond donors (Lipinski definition) is 0. The minimum atomic E-state index is -3.35. The van der Waals surface area contributed by atoms with Gasteiger partial charge in [0, 0.05) is 112 Å². The molecule has 2 fully saturated rings. The Morgan fingerprint density at radius 2 is 1.09 bits per heavy atom. The largest absolute Gasteiger partial charge is 1.00 e. The number of aromatic nitrogens is 6. The van der Waals surface area contributed by atoms with E-state index in [0.29, 0.717) is 28.9 Å². The SMILES string of the molecule is C.CS(=O)[O-].Cc1nc(CN(C)c2ccc(Br)c3cccnc23)cc(N2CCN(C)CC2)n1.Cc1nc(CN(C)c2ccc(S(C)(=O)=O)c3cccnc23)cc(N2CCN(C)CC2)n1.[Na+]. The molecular formula is C45H60BrN12NaO4S2. The van der Waals surface area contributed by atoms with Crippen molar-refractivity contribution in [3.8, 4) is 0 Å². The van der Waals surface area contributed by atoms with Gasteiger partial charge in [0.2, 0.25) is 0 Å². The molecule has 8 rings (SSSR count). The third-order valence-corrected chi connectivity index (χ3v) is 12.7. The van der Waals surface area contributed by atoms with Crippen molar-refractivity contribution in [3.63, 3.8) is 0 Å². The molecule has 16 nitrogen and oxygen atoms in total. The van der Waals surface area contributed by atoms with E-state index in [1.807, 2.05) is 39.2 Å². The molecule has 1 unspecified atom stereocenters. The number of nitrogens with zero attached hydrogens (tertiary/aromatic N) is 12. The van der Waals surface area contributed by atoms with Crippen LogP contribution >= 0.6 is 15.9 Å². The summed E-state index contributed by atoms with van der Waals surface area (Å²) in [7, 11) is 5.01. The van der Waals surface area contributed by atoms with Crippen molar-refractivity contribution in [1.29, 1.82) is 0 Å². The molecule has 0 amide bonds. The molecule has 0 radical (unpaired) electrons. The van der Waals surface area contributed by atoms with E-state index in [0.717, 1.165) is 120 Å². The van der Waals surface area contributed by atoms with Crippen molar-refractivity contribution >= 4 is 81.7 Å². The number of likely N-dealkylation sites (N-methyl/N-ethyl adjacent to an activating group) is 2. The number of pyridine rings is 2. The summed E-state index contributed by atoms with van der Waals surface area (Å²) in [6, 6.07) is 19.5. The zero-order valence-corrected chi connectivity index (χ0v) is 43.4. The first-order chi connectivity index (χ1) is 30.0. The van der Waals surface area contributed by atoms with E-state index in [-0.39, 0.29) is 37.0 Å². The van der Waals surface area contributed by atoms with Gasteiger partial charge in [-0.3, -0.25) is 14.2 Å². The molecule has 0 aliphatic carbocycles. The van der Waals surface area contributed by atoms with Crippen LogP contribution in [0.5, 0.6) is 0 Å². The number of rotatable bonds is 9. The summed E-state index contributed by atoms with van der Waals surface area (Å²) in [4.78, 5) is 41.6. The Labute approximate surface area is 417 Å². The minimum absolute atomic E-state index is 0. The predicted octanol–water partition coefficient (Wildman–Crippen LogP) is 2.74. The van der Waals surface area contributed by atoms with Gasteiger partial charge in [0.05, 0.1) is 51.8 Å². The van der Waals surface area contributed by atoms with E-state index in [4.69, 9.17) is 8.76 Å². The fourth-order valence-electron chi connectivity index (χ4n) is 7.63. The Kier molecular flexibility index (Phi) is 20.0. The first-order valence-corrected chi connectivity index (χ1v) is 24.7. The maximum absolute atomic E-state index is 12.2. The molecule has 0 N–H and O–H groups in total. The quantitative estimate of drug-likeness (QED) is 0.153. The summed E-state index contributed by atoms with van der Waals surface area (Å²) in [6.45, 7) is 13.2. The van der Waals surface area contributed by atoms with E-state index in [2.05, 4.69) is 127 Å². The van der Waals surface area contributed by atoms with E-state index >= 15 is 0 Å². The van der Waals surface area contributed by atoms with Crippen LogP contribution in [0.4, 0.5) is 23.0 Å². The van der Waals surface area contributed by atoms with Crippen LogP contribution in [0.15, 0.2) is 82.4 Å². The molecule has 2 aliphatic heterocycles. The molecule has 6 heterocycles. The van der Waals surface area contributed by atoms with Crippen LogP contribution in [-0.2, 0) is 34.0 Å². The number of fused-ring (bicyclic) bond motifs is 2. The number of benzene rings is 2. The Balaban J connectivity index is 0.000000257. The van der Waals surface area contributed by atoms with E-state index < -0.39 is 20.9 Å². The summed E-state index contributed by atoms with van der Waals surface area (Å²) in [6.07, 6.45) is 5.83. The normalized spacial score (nSPS) is 14.9. The standard InChI is InChI=1S/C22H28N6O2S.C21H25BrN6.CH4O2S.CH4.Na/c1-16-24-17(14-21(25-16)28-12-10-26(2)11-13-28)15-27(3)19-7-8-20(31(4,29)30)18-6-5-9-23-22(18)19;1-15-24-16(13-20(25-15)28-11-9-26(2)10-12-28)14-27(3)19-7-6-18(22)17-5-4-8-23-21(17)19;1-4(2)3;;/h5-9,14H,10-13,15H2,1-4H3;4-8,13H,9-12,14H2,1-3H3;1H3,(H,2,3);1H4;/q;;;;+1/p-1. The van der Waals surface area contributed by atoms with Gasteiger partial charge in [-0.2, -0.15) is 0 Å². The van der Waals surface area contributed by atoms with Crippen molar-refractivity contribution in [2.45, 2.75) is 39.3 Å². The monoisotopic (exact) mass is 998 g/mol. The molecule has 20 heteroatoms. The second-order valence-corrected chi connectivity index (χ2v) is 19.6. The van der Waals surface area contributed by atoms with Gasteiger partial charge in [0.15, 0.2) is 9.84 Å². The first-order valence-electron chi connectivity index (χ1n) is 20.6. The van der Waals surface area contributed by atoms with Gasteiger partial charge in [-0.15, -0.1) is 0 Å². The summed E-state index contributed by atoms with van der Waals surface area (Å²) in [5, 5.41) is 1.75. The summed E-state index contributed by atoms with van der Waals surface area (Å²) >= 11 is 1.77. The van der Waals surface area contributed by atoms with Crippen LogP contribution < -0.4 is 49.2 Å². The van der Waals surface area contributed by atoms with E-state index in [9.17, 15) is 8.42 Å². The van der Waals surface area contributed by atoms with Crippen LogP contribution in [-0.4, -0.2) is 150 Å². The fourth-order valence-corrected chi connectivity index (χ4v) is 8.96.